The number of hydrogen-bond acceptors (Lipinski definition) is 7. The van der Waals surface area contributed by atoms with Crippen molar-refractivity contribution in [2.75, 3.05) is 30.5 Å². The van der Waals surface area contributed by atoms with Crippen LogP contribution in [0, 0.1) is 17.5 Å². The van der Waals surface area contributed by atoms with Gasteiger partial charge in [-0.1, -0.05) is 18.2 Å². The number of hydrogen-bond donors (Lipinski definition) is 2. The molecule has 0 aliphatic heterocycles. The molecule has 0 atom stereocenters. The summed E-state index contributed by atoms with van der Waals surface area (Å²) in [5, 5.41) is 4.93. The van der Waals surface area contributed by atoms with Crippen LogP contribution in [0.25, 0.3) is 16.9 Å². The van der Waals surface area contributed by atoms with Crippen molar-refractivity contribution in [1.29, 1.82) is 0 Å². The lowest BCUT2D eigenvalue weighted by Crippen LogP contribution is -2.28. The maximum atomic E-state index is 14.2. The van der Waals surface area contributed by atoms with Crippen molar-refractivity contribution in [3.63, 3.8) is 0 Å². The van der Waals surface area contributed by atoms with Crippen LogP contribution in [0.5, 0.6) is 0 Å². The molecule has 4 aromatic rings. The number of carbonyl (C=O) groups excluding carboxylic acids is 1. The van der Waals surface area contributed by atoms with Gasteiger partial charge in [-0.25, -0.2) is 18.0 Å². The van der Waals surface area contributed by atoms with Crippen LogP contribution in [0.1, 0.15) is 11.3 Å². The summed E-state index contributed by atoms with van der Waals surface area (Å²) in [6.07, 6.45) is -1.05. The van der Waals surface area contributed by atoms with Crippen LogP contribution in [-0.2, 0) is 11.2 Å². The minimum absolute atomic E-state index is 0.0327. The van der Waals surface area contributed by atoms with Gasteiger partial charge in [-0.3, -0.25) is 4.90 Å². The lowest BCUT2D eigenvalue weighted by molar-refractivity contribution is 0.180. The summed E-state index contributed by atoms with van der Waals surface area (Å²) in [5.74, 6) is -3.61. The molecule has 2 heterocycles. The number of nitrogens with two attached hydrogens (primary N) is 2. The molecule has 33 heavy (non-hydrogen) atoms. The molecule has 0 saturated carbocycles. The zero-order valence-corrected chi connectivity index (χ0v) is 17.5. The van der Waals surface area contributed by atoms with Gasteiger partial charge in [0.25, 0.3) is 5.95 Å². The van der Waals surface area contributed by atoms with Gasteiger partial charge in [-0.2, -0.15) is 19.7 Å². The van der Waals surface area contributed by atoms with Crippen LogP contribution in [0.15, 0.2) is 36.4 Å². The number of rotatable bonds is 4. The van der Waals surface area contributed by atoms with E-state index in [1.807, 2.05) is 0 Å². The van der Waals surface area contributed by atoms with Gasteiger partial charge in [0, 0.05) is 24.4 Å². The van der Waals surface area contributed by atoms with Gasteiger partial charge in [-0.15, -0.1) is 0 Å². The molecule has 1 amide bonds. The fraction of sp³-hybridized carbons (Fsp3) is 0.143. The first-order valence-corrected chi connectivity index (χ1v) is 9.57. The third kappa shape index (κ3) is 3.75. The average molecular weight is 457 g/mol. The number of carbonyl (C=O) groups is 1. The van der Waals surface area contributed by atoms with Gasteiger partial charge in [0.05, 0.1) is 18.3 Å². The summed E-state index contributed by atoms with van der Waals surface area (Å²) in [4.78, 5) is 21.3. The zero-order valence-electron chi connectivity index (χ0n) is 17.5. The van der Waals surface area contributed by atoms with Crippen LogP contribution < -0.4 is 16.4 Å². The number of halogens is 3. The Morgan fingerprint density at radius 3 is 2.36 bits per heavy atom. The quantitative estimate of drug-likeness (QED) is 0.451. The lowest BCUT2D eigenvalue weighted by atomic mass is 10.1. The number of para-hydroxylation sites is 1. The molecule has 4 rings (SSSR count). The second kappa shape index (κ2) is 8.30. The van der Waals surface area contributed by atoms with E-state index in [0.717, 1.165) is 17.0 Å². The Morgan fingerprint density at radius 1 is 1.06 bits per heavy atom. The molecular weight excluding hydrogens is 439 g/mol. The molecule has 12 heteroatoms. The van der Waals surface area contributed by atoms with Gasteiger partial charge in [0.15, 0.2) is 23.3 Å². The van der Waals surface area contributed by atoms with Crippen LogP contribution >= 0.6 is 0 Å². The number of fused-ring (bicyclic) bond motifs is 1. The van der Waals surface area contributed by atoms with Crippen LogP contribution in [-0.4, -0.2) is 40.0 Å². The fourth-order valence-corrected chi connectivity index (χ4v) is 3.46. The van der Waals surface area contributed by atoms with Crippen molar-refractivity contribution >= 4 is 34.3 Å². The molecule has 0 aliphatic carbocycles. The molecule has 0 unspecified atom stereocenters. The molecule has 0 bridgehead atoms. The van der Waals surface area contributed by atoms with Crippen molar-refractivity contribution in [2.45, 2.75) is 6.42 Å². The van der Waals surface area contributed by atoms with Crippen molar-refractivity contribution in [1.82, 2.24) is 19.7 Å². The largest absolute Gasteiger partial charge is 0.452 e. The van der Waals surface area contributed by atoms with E-state index in [-0.39, 0.29) is 35.4 Å². The second-order valence-electron chi connectivity index (χ2n) is 7.05. The monoisotopic (exact) mass is 457 g/mol. The predicted octanol–water partition coefficient (Wildman–Crippen LogP) is 3.19. The Bertz CT molecular complexity index is 1370. The number of nitrogen functional groups attached to an aromatic ring is 2. The number of anilines is 3. The standard InChI is InChI=1S/C21H18F3N7O2/c1-30(21(32)33-2)17-18(25)27-20(28-19(17)26)31-15-6-4-3-5-10(15)14(29-31)9-11-12(22)7-8-13(23)16(11)24/h3-8H,9H2,1-2H3,(H4,25,26,27,28). The summed E-state index contributed by atoms with van der Waals surface area (Å²) in [6.45, 7) is 0. The first-order valence-electron chi connectivity index (χ1n) is 9.57. The summed E-state index contributed by atoms with van der Waals surface area (Å²) < 4.78 is 48.1. The maximum absolute atomic E-state index is 14.2. The maximum Gasteiger partial charge on any atom is 0.413 e. The smallest absolute Gasteiger partial charge is 0.413 e. The van der Waals surface area contributed by atoms with Crippen LogP contribution in [0.4, 0.5) is 35.3 Å². The van der Waals surface area contributed by atoms with E-state index in [1.165, 1.54) is 18.8 Å². The van der Waals surface area contributed by atoms with Gasteiger partial charge >= 0.3 is 6.09 Å². The van der Waals surface area contributed by atoms with Gasteiger partial charge in [-0.05, 0) is 18.2 Å². The molecule has 170 valence electrons. The number of aromatic nitrogens is 4. The Hall–Kier alpha value is -4.35. The van der Waals surface area contributed by atoms with Crippen molar-refractivity contribution in [2.24, 2.45) is 0 Å². The number of ether oxygens (including phenoxy) is 1. The lowest BCUT2D eigenvalue weighted by Gasteiger charge is -2.18. The molecule has 0 fully saturated rings. The highest BCUT2D eigenvalue weighted by molar-refractivity contribution is 5.94. The number of nitrogens with zero attached hydrogens (tertiary/aromatic N) is 5. The van der Waals surface area contributed by atoms with Gasteiger partial charge < -0.3 is 16.2 Å². The summed E-state index contributed by atoms with van der Waals surface area (Å²) in [6, 6.07) is 8.39. The van der Waals surface area contributed by atoms with E-state index in [9.17, 15) is 18.0 Å². The second-order valence-corrected chi connectivity index (χ2v) is 7.05. The third-order valence-corrected chi connectivity index (χ3v) is 5.05. The van der Waals surface area contributed by atoms with Crippen molar-refractivity contribution < 1.29 is 22.7 Å². The first-order chi connectivity index (χ1) is 15.7. The molecule has 0 radical (unpaired) electrons. The Balaban J connectivity index is 1.84. The summed E-state index contributed by atoms with van der Waals surface area (Å²) in [7, 11) is 2.59. The SMILES string of the molecule is COC(=O)N(C)c1c(N)nc(-n2nc(Cc3c(F)ccc(F)c3F)c3ccccc32)nc1N. The molecule has 2 aromatic heterocycles. The zero-order chi connectivity index (χ0) is 23.9. The highest BCUT2D eigenvalue weighted by Crippen LogP contribution is 2.30. The van der Waals surface area contributed by atoms with Crippen LogP contribution in [0.2, 0.25) is 0 Å². The van der Waals surface area contributed by atoms with Gasteiger partial charge in [0.2, 0.25) is 0 Å². The van der Waals surface area contributed by atoms with E-state index in [2.05, 4.69) is 19.8 Å². The van der Waals surface area contributed by atoms with E-state index in [4.69, 9.17) is 11.5 Å². The molecule has 0 aliphatic rings. The first kappa shape index (κ1) is 21.9. The Morgan fingerprint density at radius 2 is 1.70 bits per heavy atom. The average Bonchev–Trinajstić information content (AvgIpc) is 3.16. The fourth-order valence-electron chi connectivity index (χ4n) is 3.46. The van der Waals surface area contributed by atoms with Gasteiger partial charge in [0.1, 0.15) is 11.5 Å². The minimum atomic E-state index is -1.28. The topological polar surface area (TPSA) is 125 Å². The highest BCUT2D eigenvalue weighted by atomic mass is 19.2. The molecule has 2 aromatic carbocycles. The van der Waals surface area contributed by atoms with E-state index < -0.39 is 29.1 Å². The summed E-state index contributed by atoms with van der Waals surface area (Å²) >= 11 is 0. The Kier molecular flexibility index (Phi) is 5.50. The van der Waals surface area contributed by atoms with E-state index >= 15 is 0 Å². The normalized spacial score (nSPS) is 11.1. The predicted molar refractivity (Wildman–Crippen MR) is 115 cm³/mol. The van der Waals surface area contributed by atoms with Crippen LogP contribution in [0.3, 0.4) is 0 Å². The highest BCUT2D eigenvalue weighted by Gasteiger charge is 2.23. The molecular formula is C21H18F3N7O2. The molecule has 9 nitrogen and oxygen atoms in total. The minimum Gasteiger partial charge on any atom is -0.452 e. The number of amides is 1. The molecule has 4 N–H and O–H groups in total. The summed E-state index contributed by atoms with van der Waals surface area (Å²) in [5.41, 5.74) is 12.4. The van der Waals surface area contributed by atoms with E-state index in [0.29, 0.717) is 10.9 Å². The molecule has 0 spiro atoms. The van der Waals surface area contributed by atoms with E-state index in [1.54, 1.807) is 24.3 Å². The number of benzene rings is 2. The Labute approximate surface area is 185 Å². The molecule has 0 saturated heterocycles. The van der Waals surface area contributed by atoms with Crippen molar-refractivity contribution in [3.8, 4) is 5.95 Å². The number of methoxy groups -OCH3 is 1. The van der Waals surface area contributed by atoms with Crippen molar-refractivity contribution in [3.05, 3.63) is 65.1 Å². The third-order valence-electron chi connectivity index (χ3n) is 5.05.